The van der Waals surface area contributed by atoms with Crippen molar-refractivity contribution in [2.75, 3.05) is 26.2 Å². The zero-order chi connectivity index (χ0) is 14.3. The fourth-order valence-corrected chi connectivity index (χ4v) is 4.85. The number of nitrogens with zero attached hydrogens (tertiary/aromatic N) is 2. The molecule has 0 heterocycles. The molecule has 3 unspecified atom stereocenters. The van der Waals surface area contributed by atoms with Crippen LogP contribution in [-0.2, 0) is 0 Å². The summed E-state index contributed by atoms with van der Waals surface area (Å²) >= 11 is 0. The summed E-state index contributed by atoms with van der Waals surface area (Å²) in [4.78, 5) is 5.36. The number of hydrogen-bond donors (Lipinski definition) is 0. The van der Waals surface area contributed by atoms with Crippen molar-refractivity contribution in [1.82, 2.24) is 9.80 Å². The molecule has 0 fully saturated rings. The van der Waals surface area contributed by atoms with Crippen LogP contribution in [0.2, 0.25) is 0 Å². The molecule has 0 aliphatic heterocycles. The van der Waals surface area contributed by atoms with Crippen LogP contribution in [0.1, 0.15) is 54.9 Å². The van der Waals surface area contributed by atoms with Gasteiger partial charge in [-0.2, -0.15) is 0 Å². The van der Waals surface area contributed by atoms with Crippen molar-refractivity contribution in [2.24, 2.45) is 5.92 Å². The molecule has 0 bridgehead atoms. The second-order valence-electron chi connectivity index (χ2n) is 5.60. The van der Waals surface area contributed by atoms with E-state index in [1.807, 2.05) is 0 Å². The van der Waals surface area contributed by atoms with Crippen molar-refractivity contribution in [1.29, 1.82) is 0 Å². The van der Waals surface area contributed by atoms with Crippen LogP contribution in [0.5, 0.6) is 0 Å². The lowest BCUT2D eigenvalue weighted by Crippen LogP contribution is -2.65. The molecular weight excluding hydrogens is 236 g/mol. The molecule has 3 atom stereocenters. The Labute approximate surface area is 119 Å². The van der Waals surface area contributed by atoms with E-state index in [1.165, 1.54) is 42.8 Å². The molecule has 0 aliphatic rings. The van der Waals surface area contributed by atoms with Crippen molar-refractivity contribution in [2.45, 2.75) is 66.1 Å². The Morgan fingerprint density at radius 3 is 1.61 bits per heavy atom. The van der Waals surface area contributed by atoms with Gasteiger partial charge in [0, 0.05) is 21.4 Å². The van der Waals surface area contributed by atoms with Crippen LogP contribution in [0.4, 0.5) is 0 Å². The van der Waals surface area contributed by atoms with Crippen molar-refractivity contribution in [3.8, 4) is 0 Å². The quantitative estimate of drug-likeness (QED) is 0.594. The molecule has 0 spiro atoms. The van der Waals surface area contributed by atoms with Crippen LogP contribution in [0.25, 0.3) is 0 Å². The van der Waals surface area contributed by atoms with Crippen LogP contribution in [0, 0.1) is 5.92 Å². The van der Waals surface area contributed by atoms with Gasteiger partial charge in [-0.05, 0) is 39.0 Å². The molecule has 0 rings (SSSR count). The first-order valence-electron chi connectivity index (χ1n) is 7.92. The number of hydrogen-bond acceptors (Lipinski definition) is 2. The molecule has 0 N–H and O–H groups in total. The number of likely N-dealkylation sites (N-methyl/N-ethyl adjacent to an activating group) is 2. The first-order chi connectivity index (χ1) is 8.43. The molecule has 0 aromatic carbocycles. The molecule has 18 heavy (non-hydrogen) atoms. The summed E-state index contributed by atoms with van der Waals surface area (Å²) in [5, 5.41) is 0.407. The summed E-state index contributed by atoms with van der Waals surface area (Å²) < 4.78 is 0. The minimum Gasteiger partial charge on any atom is -0.300 e. The highest BCUT2D eigenvalue weighted by Crippen LogP contribution is 2.30. The third kappa shape index (κ3) is 3.58. The highest BCUT2D eigenvalue weighted by Gasteiger charge is 2.41. The SMILES string of the molecule is CCC(C)C([SiH3])(C(C)N(CC)CC)N(CC)CC. The van der Waals surface area contributed by atoms with Crippen molar-refractivity contribution in [3.63, 3.8) is 0 Å². The van der Waals surface area contributed by atoms with Crippen LogP contribution >= 0.6 is 0 Å². The van der Waals surface area contributed by atoms with Gasteiger partial charge in [0.05, 0.1) is 0 Å². The Morgan fingerprint density at radius 1 is 0.889 bits per heavy atom. The molecule has 0 aliphatic carbocycles. The maximum absolute atomic E-state index is 2.72. The molecule has 0 saturated heterocycles. The van der Waals surface area contributed by atoms with Crippen LogP contribution in [0.15, 0.2) is 0 Å². The third-order valence-corrected chi connectivity index (χ3v) is 7.71. The Kier molecular flexibility index (Phi) is 8.40. The third-order valence-electron chi connectivity index (χ3n) is 5.26. The largest absolute Gasteiger partial charge is 0.300 e. The van der Waals surface area contributed by atoms with Gasteiger partial charge in [0.15, 0.2) is 0 Å². The average molecular weight is 273 g/mol. The minimum absolute atomic E-state index is 0.407. The lowest BCUT2D eigenvalue weighted by Gasteiger charge is -2.52. The fourth-order valence-electron chi connectivity index (χ4n) is 3.45. The van der Waals surface area contributed by atoms with E-state index in [2.05, 4.69) is 58.3 Å². The predicted octanol–water partition coefficient (Wildman–Crippen LogP) is 2.17. The van der Waals surface area contributed by atoms with Crippen molar-refractivity contribution < 1.29 is 0 Å². The highest BCUT2D eigenvalue weighted by molar-refractivity contribution is 6.16. The smallest absolute Gasteiger partial charge is 0.0307 e. The maximum atomic E-state index is 2.72. The van der Waals surface area contributed by atoms with E-state index >= 15 is 0 Å². The van der Waals surface area contributed by atoms with Crippen molar-refractivity contribution in [3.05, 3.63) is 0 Å². The zero-order valence-corrected chi connectivity index (χ0v) is 16.1. The standard InChI is InChI=1S/C15H36N2Si/c1-8-13(6)15(18,17(11-4)12-5)14(7)16(9-2)10-3/h13-14H,8-12H2,1-7,18H3. The maximum Gasteiger partial charge on any atom is 0.0307 e. The molecule has 110 valence electrons. The van der Waals surface area contributed by atoms with Crippen molar-refractivity contribution >= 4 is 10.2 Å². The number of rotatable bonds is 9. The molecule has 3 heteroatoms. The zero-order valence-electron chi connectivity index (χ0n) is 14.1. The second-order valence-corrected chi connectivity index (χ2v) is 7.21. The van der Waals surface area contributed by atoms with Gasteiger partial charge in [0.2, 0.25) is 0 Å². The highest BCUT2D eigenvalue weighted by atomic mass is 28.1. The Morgan fingerprint density at radius 2 is 1.33 bits per heavy atom. The molecular formula is C15H36N2Si. The summed E-state index contributed by atoms with van der Waals surface area (Å²) in [6.45, 7) is 21.1. The van der Waals surface area contributed by atoms with Crippen LogP contribution in [-0.4, -0.2) is 57.4 Å². The summed E-state index contributed by atoms with van der Waals surface area (Å²) in [5.74, 6) is 0.777. The van der Waals surface area contributed by atoms with E-state index in [4.69, 9.17) is 0 Å². The second kappa shape index (κ2) is 8.34. The first kappa shape index (κ1) is 18.1. The topological polar surface area (TPSA) is 6.48 Å². The van der Waals surface area contributed by atoms with E-state index in [9.17, 15) is 0 Å². The van der Waals surface area contributed by atoms with Gasteiger partial charge in [-0.3, -0.25) is 4.90 Å². The van der Waals surface area contributed by atoms with Crippen LogP contribution in [0.3, 0.4) is 0 Å². The molecule has 0 aromatic heterocycles. The van der Waals surface area contributed by atoms with E-state index in [0.29, 0.717) is 11.2 Å². The van der Waals surface area contributed by atoms with E-state index in [0.717, 1.165) is 5.92 Å². The minimum atomic E-state index is 0.407. The summed E-state index contributed by atoms with van der Waals surface area (Å²) in [6, 6.07) is 0.661. The van der Waals surface area contributed by atoms with Gasteiger partial charge in [-0.25, -0.2) is 0 Å². The van der Waals surface area contributed by atoms with E-state index in [-0.39, 0.29) is 0 Å². The van der Waals surface area contributed by atoms with Gasteiger partial charge in [-0.15, -0.1) is 0 Å². The van der Waals surface area contributed by atoms with E-state index in [1.54, 1.807) is 0 Å². The average Bonchev–Trinajstić information content (AvgIpc) is 2.39. The normalized spacial score (nSPS) is 19.2. The van der Waals surface area contributed by atoms with Gasteiger partial charge >= 0.3 is 0 Å². The lowest BCUT2D eigenvalue weighted by molar-refractivity contribution is 0.0320. The van der Waals surface area contributed by atoms with Gasteiger partial charge < -0.3 is 4.90 Å². The predicted molar refractivity (Wildman–Crippen MR) is 87.4 cm³/mol. The van der Waals surface area contributed by atoms with Gasteiger partial charge in [0.25, 0.3) is 0 Å². The summed E-state index contributed by atoms with van der Waals surface area (Å²) in [5.41, 5.74) is 0. The molecule has 0 saturated carbocycles. The van der Waals surface area contributed by atoms with Crippen LogP contribution < -0.4 is 0 Å². The molecule has 2 nitrogen and oxygen atoms in total. The summed E-state index contributed by atoms with van der Waals surface area (Å²) in [7, 11) is 1.24. The molecule has 0 amide bonds. The summed E-state index contributed by atoms with van der Waals surface area (Å²) in [6.07, 6.45) is 1.28. The fraction of sp³-hybridized carbons (Fsp3) is 1.00. The Bertz CT molecular complexity index is 215. The van der Waals surface area contributed by atoms with Gasteiger partial charge in [0.1, 0.15) is 0 Å². The Hall–Kier alpha value is 0.137. The lowest BCUT2D eigenvalue weighted by atomic mass is 9.89. The Balaban J connectivity index is 5.31. The monoisotopic (exact) mass is 272 g/mol. The molecule has 0 radical (unpaired) electrons. The molecule has 0 aromatic rings. The van der Waals surface area contributed by atoms with E-state index < -0.39 is 0 Å². The first-order valence-corrected chi connectivity index (χ1v) is 8.92. The van der Waals surface area contributed by atoms with Gasteiger partial charge in [-0.1, -0.05) is 48.0 Å².